The Balaban J connectivity index is 1.75. The minimum Gasteiger partial charge on any atom is -0.463 e. The molecule has 26 heavy (non-hydrogen) atoms. The summed E-state index contributed by atoms with van der Waals surface area (Å²) in [5, 5.41) is 7.18. The van der Waals surface area contributed by atoms with E-state index in [1.807, 2.05) is 12.1 Å². The molecule has 0 saturated carbocycles. The van der Waals surface area contributed by atoms with Crippen LogP contribution < -0.4 is 10.9 Å². The molecule has 0 spiro atoms. The molecule has 0 atom stereocenters. The number of pyridine rings is 1. The van der Waals surface area contributed by atoms with Crippen LogP contribution in [0.2, 0.25) is 0 Å². The van der Waals surface area contributed by atoms with Crippen molar-refractivity contribution in [3.8, 4) is 11.5 Å². The van der Waals surface area contributed by atoms with Crippen molar-refractivity contribution in [2.45, 2.75) is 25.8 Å². The fraction of sp³-hybridized carbons (Fsp3) is 0.263. The lowest BCUT2D eigenvalue weighted by Crippen LogP contribution is -2.50. The molecule has 134 valence electrons. The Labute approximate surface area is 150 Å². The summed E-state index contributed by atoms with van der Waals surface area (Å²) in [4.78, 5) is 28.9. The maximum absolute atomic E-state index is 12.7. The van der Waals surface area contributed by atoms with Crippen molar-refractivity contribution in [3.63, 3.8) is 0 Å². The number of nitrogens with zero attached hydrogens (tertiary/aromatic N) is 3. The van der Waals surface area contributed by atoms with Gasteiger partial charge in [0.2, 0.25) is 5.91 Å². The summed E-state index contributed by atoms with van der Waals surface area (Å²) in [5.41, 5.74) is 0.0767. The van der Waals surface area contributed by atoms with Crippen molar-refractivity contribution < 1.29 is 9.21 Å². The van der Waals surface area contributed by atoms with Gasteiger partial charge in [-0.3, -0.25) is 14.6 Å². The molecule has 0 aliphatic rings. The van der Waals surface area contributed by atoms with E-state index in [0.717, 1.165) is 5.56 Å². The molecular formula is C19H20N4O3. The van der Waals surface area contributed by atoms with Gasteiger partial charge in [0.25, 0.3) is 5.56 Å². The second-order valence-electron chi connectivity index (χ2n) is 6.37. The first-order chi connectivity index (χ1) is 12.5. The molecule has 7 heteroatoms. The minimum absolute atomic E-state index is 0.280. The molecule has 7 nitrogen and oxygen atoms in total. The summed E-state index contributed by atoms with van der Waals surface area (Å²) in [6.45, 7) is 3.78. The summed E-state index contributed by atoms with van der Waals surface area (Å²) in [7, 11) is 0. The summed E-state index contributed by atoms with van der Waals surface area (Å²) < 4.78 is 6.51. The summed E-state index contributed by atoms with van der Waals surface area (Å²) in [5.74, 6) is 0.255. The lowest BCUT2D eigenvalue weighted by Gasteiger charge is -2.25. The molecule has 3 aromatic rings. The average Bonchev–Trinajstić information content (AvgIpc) is 3.17. The highest BCUT2D eigenvalue weighted by Gasteiger charge is 2.32. The first-order valence-electron chi connectivity index (χ1n) is 8.30. The molecule has 0 radical (unpaired) electrons. The van der Waals surface area contributed by atoms with Crippen molar-refractivity contribution in [1.29, 1.82) is 0 Å². The summed E-state index contributed by atoms with van der Waals surface area (Å²) >= 11 is 0. The van der Waals surface area contributed by atoms with Crippen LogP contribution in [0.15, 0.2) is 64.3 Å². The van der Waals surface area contributed by atoms with Gasteiger partial charge in [0.1, 0.15) is 11.2 Å². The van der Waals surface area contributed by atoms with E-state index in [0.29, 0.717) is 24.4 Å². The normalized spacial score (nSPS) is 11.3. The van der Waals surface area contributed by atoms with Gasteiger partial charge in [0, 0.05) is 25.0 Å². The van der Waals surface area contributed by atoms with E-state index in [1.54, 1.807) is 44.4 Å². The molecule has 3 rings (SSSR count). The minimum atomic E-state index is -1.14. The van der Waals surface area contributed by atoms with Crippen LogP contribution in [-0.2, 0) is 16.8 Å². The van der Waals surface area contributed by atoms with Gasteiger partial charge in [-0.05, 0) is 56.2 Å². The highest BCUT2D eigenvalue weighted by molar-refractivity contribution is 5.83. The van der Waals surface area contributed by atoms with Crippen LogP contribution in [0.1, 0.15) is 19.4 Å². The molecule has 0 bridgehead atoms. The molecule has 1 N–H and O–H groups in total. The fourth-order valence-electron chi connectivity index (χ4n) is 2.55. The predicted octanol–water partition coefficient (Wildman–Crippen LogP) is 1.99. The Kier molecular flexibility index (Phi) is 4.97. The lowest BCUT2D eigenvalue weighted by molar-refractivity contribution is -0.128. The molecule has 0 aromatic carbocycles. The molecule has 3 aromatic heterocycles. The zero-order valence-electron chi connectivity index (χ0n) is 14.7. The maximum Gasteiger partial charge on any atom is 0.267 e. The average molecular weight is 352 g/mol. The third-order valence-corrected chi connectivity index (χ3v) is 4.11. The quantitative estimate of drug-likeness (QED) is 0.733. The van der Waals surface area contributed by atoms with Gasteiger partial charge in [-0.25, -0.2) is 4.68 Å². The van der Waals surface area contributed by atoms with Crippen LogP contribution >= 0.6 is 0 Å². The number of amides is 1. The van der Waals surface area contributed by atoms with E-state index >= 15 is 0 Å². The number of nitrogens with one attached hydrogen (secondary N) is 1. The van der Waals surface area contributed by atoms with Gasteiger partial charge >= 0.3 is 0 Å². The number of carbonyl (C=O) groups is 1. The third kappa shape index (κ3) is 3.72. The van der Waals surface area contributed by atoms with Crippen molar-refractivity contribution in [2.24, 2.45) is 0 Å². The van der Waals surface area contributed by atoms with Crippen LogP contribution in [0.5, 0.6) is 0 Å². The maximum atomic E-state index is 12.7. The number of carbonyl (C=O) groups excluding carboxylic acids is 1. The van der Waals surface area contributed by atoms with E-state index < -0.39 is 5.54 Å². The van der Waals surface area contributed by atoms with E-state index in [1.165, 1.54) is 17.0 Å². The Morgan fingerprint density at radius 2 is 1.96 bits per heavy atom. The topological polar surface area (TPSA) is 90.0 Å². The van der Waals surface area contributed by atoms with E-state index in [4.69, 9.17) is 4.42 Å². The summed E-state index contributed by atoms with van der Waals surface area (Å²) in [6, 6.07) is 10.3. The van der Waals surface area contributed by atoms with Crippen molar-refractivity contribution in [1.82, 2.24) is 20.1 Å². The van der Waals surface area contributed by atoms with E-state index in [-0.39, 0.29) is 11.5 Å². The van der Waals surface area contributed by atoms with Gasteiger partial charge in [-0.2, -0.15) is 5.10 Å². The molecule has 1 amide bonds. The van der Waals surface area contributed by atoms with Gasteiger partial charge in [0.05, 0.1) is 6.26 Å². The highest BCUT2D eigenvalue weighted by atomic mass is 16.3. The van der Waals surface area contributed by atoms with Crippen molar-refractivity contribution in [2.75, 3.05) is 6.54 Å². The second-order valence-corrected chi connectivity index (χ2v) is 6.37. The number of rotatable bonds is 6. The number of hydrogen-bond donors (Lipinski definition) is 1. The lowest BCUT2D eigenvalue weighted by atomic mass is 10.0. The van der Waals surface area contributed by atoms with Crippen molar-refractivity contribution >= 4 is 5.91 Å². The Hall–Kier alpha value is -3.22. The van der Waals surface area contributed by atoms with Crippen molar-refractivity contribution in [3.05, 3.63) is 71.0 Å². The molecule has 0 saturated heterocycles. The molecule has 0 fully saturated rings. The third-order valence-electron chi connectivity index (χ3n) is 4.11. The Morgan fingerprint density at radius 3 is 2.65 bits per heavy atom. The molecule has 0 aliphatic carbocycles. The highest BCUT2D eigenvalue weighted by Crippen LogP contribution is 2.18. The SMILES string of the molecule is CC(C)(C(=O)NCCc1ccncc1)n1nc(-c2ccco2)ccc1=O. The second kappa shape index (κ2) is 7.35. The smallest absolute Gasteiger partial charge is 0.267 e. The molecular weight excluding hydrogens is 332 g/mol. The van der Waals surface area contributed by atoms with Crippen LogP contribution in [0.4, 0.5) is 0 Å². The first-order valence-corrected chi connectivity index (χ1v) is 8.30. The van der Waals surface area contributed by atoms with Crippen LogP contribution in [0.25, 0.3) is 11.5 Å². The van der Waals surface area contributed by atoms with Crippen LogP contribution in [0.3, 0.4) is 0 Å². The van der Waals surface area contributed by atoms with Gasteiger partial charge < -0.3 is 9.73 Å². The largest absolute Gasteiger partial charge is 0.463 e. The van der Waals surface area contributed by atoms with E-state index in [9.17, 15) is 9.59 Å². The fourth-order valence-corrected chi connectivity index (χ4v) is 2.55. The molecule has 0 unspecified atom stereocenters. The molecule has 0 aliphatic heterocycles. The monoisotopic (exact) mass is 352 g/mol. The number of furan rings is 1. The Morgan fingerprint density at radius 1 is 1.19 bits per heavy atom. The number of hydrogen-bond acceptors (Lipinski definition) is 5. The van der Waals surface area contributed by atoms with Crippen LogP contribution in [0, 0.1) is 0 Å². The van der Waals surface area contributed by atoms with Gasteiger partial charge in [-0.1, -0.05) is 0 Å². The van der Waals surface area contributed by atoms with Gasteiger partial charge in [-0.15, -0.1) is 0 Å². The standard InChI is InChI=1S/C19H20N4O3/c1-19(2,18(25)21-12-9-14-7-10-20-11-8-14)23-17(24)6-5-15(22-23)16-4-3-13-26-16/h3-8,10-11,13H,9,12H2,1-2H3,(H,21,25). The van der Waals surface area contributed by atoms with Crippen LogP contribution in [-0.4, -0.2) is 27.2 Å². The Bertz CT molecular complexity index is 931. The zero-order valence-corrected chi connectivity index (χ0v) is 14.7. The summed E-state index contributed by atoms with van der Waals surface area (Å²) in [6.07, 6.45) is 5.64. The molecule has 3 heterocycles. The zero-order chi connectivity index (χ0) is 18.6. The van der Waals surface area contributed by atoms with Gasteiger partial charge in [0.15, 0.2) is 5.76 Å². The number of aromatic nitrogens is 3. The predicted molar refractivity (Wildman–Crippen MR) is 96.5 cm³/mol. The van der Waals surface area contributed by atoms with E-state index in [2.05, 4.69) is 15.4 Å². The first kappa shape index (κ1) is 17.6.